The Morgan fingerprint density at radius 3 is 1.22 bits per heavy atom. The zero-order valence-electron chi connectivity index (χ0n) is 4.46. The van der Waals surface area contributed by atoms with Gasteiger partial charge in [-0.05, 0) is 12.8 Å². The molecule has 0 N–H and O–H groups in total. The molecule has 2 nitrogen and oxygen atoms in total. The maximum absolute atomic E-state index is 4.57. The fourth-order valence-electron chi connectivity index (χ4n) is 0.440. The van der Waals surface area contributed by atoms with Crippen LogP contribution in [0.3, 0.4) is 0 Å². The van der Waals surface area contributed by atoms with Gasteiger partial charge in [0, 0.05) is 0 Å². The molecule has 0 atom stereocenters. The molecule has 0 spiro atoms. The van der Waals surface area contributed by atoms with Crippen LogP contribution in [0.5, 0.6) is 0 Å². The van der Waals surface area contributed by atoms with E-state index in [1.807, 2.05) is 0 Å². The Labute approximate surface area is 68.7 Å². The third kappa shape index (κ3) is 8.50. The fourth-order valence-corrected chi connectivity index (χ4v) is 0.440. The third-order valence-corrected chi connectivity index (χ3v) is 0.789. The van der Waals surface area contributed by atoms with Crippen molar-refractivity contribution < 1.29 is 9.78 Å². The lowest BCUT2D eigenvalue weighted by Crippen LogP contribution is -2.05. The zero-order valence-corrected chi connectivity index (χ0v) is 6.09. The summed E-state index contributed by atoms with van der Waals surface area (Å²) in [5.41, 5.74) is 0. The van der Waals surface area contributed by atoms with Gasteiger partial charge >= 0.3 is 0 Å². The summed E-state index contributed by atoms with van der Waals surface area (Å²) in [5, 5.41) is 0. The number of rotatable bonds is 0. The Hall–Kier alpha value is 0.500. The van der Waals surface area contributed by atoms with E-state index < -0.39 is 0 Å². The van der Waals surface area contributed by atoms with Crippen molar-refractivity contribution in [3.8, 4) is 0 Å². The van der Waals surface area contributed by atoms with Crippen LogP contribution in [0.25, 0.3) is 0 Å². The largest absolute Gasteiger partial charge is 0.237 e. The van der Waals surface area contributed by atoms with E-state index in [9.17, 15) is 0 Å². The number of hydrogen-bond acceptors (Lipinski definition) is 2. The zero-order chi connectivity index (χ0) is 4.24. The molecule has 0 radical (unpaired) electrons. The number of halogens is 2. The van der Waals surface area contributed by atoms with E-state index in [-0.39, 0.29) is 32.2 Å². The minimum Gasteiger partial charge on any atom is -0.237 e. The highest BCUT2D eigenvalue weighted by atomic mass is 35.5. The van der Waals surface area contributed by atoms with Gasteiger partial charge in [0.1, 0.15) is 0 Å². The first kappa shape index (κ1) is 16.2. The Balaban J connectivity index is -0.000000120. The molecular weight excluding hydrogens is 163 g/mol. The van der Waals surface area contributed by atoms with Crippen LogP contribution in [0, 0.1) is 0 Å². The average Bonchev–Trinajstić information content (AvgIpc) is 1.72. The maximum Gasteiger partial charge on any atom is 0.0823 e. The van der Waals surface area contributed by atoms with Gasteiger partial charge in [0.2, 0.25) is 0 Å². The van der Waals surface area contributed by atoms with Gasteiger partial charge in [0.15, 0.2) is 0 Å². The average molecular weight is 177 g/mol. The molecule has 0 bridgehead atoms. The summed E-state index contributed by atoms with van der Waals surface area (Å²) in [6.45, 7) is 1.56. The molecule has 1 rings (SSSR count). The van der Waals surface area contributed by atoms with Gasteiger partial charge in [-0.15, -0.1) is 24.8 Å². The van der Waals surface area contributed by atoms with Gasteiger partial charge in [-0.3, -0.25) is 0 Å². The lowest BCUT2D eigenvalue weighted by Gasteiger charge is -2.07. The van der Waals surface area contributed by atoms with Crippen LogP contribution < -0.4 is 0 Å². The quantitative estimate of drug-likeness (QED) is 0.528. The van der Waals surface area contributed by atoms with E-state index in [0.717, 1.165) is 26.1 Å². The first-order chi connectivity index (χ1) is 3.00. The smallest absolute Gasteiger partial charge is 0.0823 e. The molecular formula is C5H14Cl2O2. The maximum atomic E-state index is 4.57. The van der Waals surface area contributed by atoms with Gasteiger partial charge in [-0.2, -0.15) is 0 Å². The second-order valence-electron chi connectivity index (χ2n) is 1.35. The molecule has 0 saturated carbocycles. The first-order valence-corrected chi connectivity index (χ1v) is 2.24. The van der Waals surface area contributed by atoms with E-state index in [4.69, 9.17) is 0 Å². The Bertz CT molecular complexity index is 28.4. The molecule has 0 aromatic heterocycles. The first-order valence-electron chi connectivity index (χ1n) is 2.24. The Morgan fingerprint density at radius 1 is 0.778 bits per heavy atom. The van der Waals surface area contributed by atoms with Crippen molar-refractivity contribution in [1.82, 2.24) is 0 Å². The third-order valence-electron chi connectivity index (χ3n) is 0.789. The van der Waals surface area contributed by atoms with Crippen molar-refractivity contribution >= 4 is 24.8 Å². The van der Waals surface area contributed by atoms with Crippen molar-refractivity contribution in [1.29, 1.82) is 0 Å². The second-order valence-corrected chi connectivity index (χ2v) is 1.35. The molecule has 0 aromatic rings. The predicted molar refractivity (Wildman–Crippen MR) is 42.4 cm³/mol. The molecule has 1 aliphatic heterocycles. The monoisotopic (exact) mass is 176 g/mol. The van der Waals surface area contributed by atoms with Crippen LogP contribution in [0.15, 0.2) is 0 Å². The van der Waals surface area contributed by atoms with Crippen LogP contribution >= 0.6 is 24.8 Å². The lowest BCUT2D eigenvalue weighted by molar-refractivity contribution is -0.312. The van der Waals surface area contributed by atoms with E-state index >= 15 is 0 Å². The molecule has 60 valence electrons. The molecule has 1 heterocycles. The van der Waals surface area contributed by atoms with E-state index in [1.165, 1.54) is 0 Å². The molecule has 4 heteroatoms. The van der Waals surface area contributed by atoms with Crippen LogP contribution in [0.4, 0.5) is 0 Å². The van der Waals surface area contributed by atoms with Crippen LogP contribution in [0.2, 0.25) is 0 Å². The molecule has 0 aromatic carbocycles. The van der Waals surface area contributed by atoms with Crippen LogP contribution in [0.1, 0.15) is 20.3 Å². The highest BCUT2D eigenvalue weighted by molar-refractivity contribution is 5.85. The van der Waals surface area contributed by atoms with Gasteiger partial charge < -0.3 is 0 Å². The Kier molecular flexibility index (Phi) is 20.4. The lowest BCUT2D eigenvalue weighted by atomic mass is 10.3. The summed E-state index contributed by atoms with van der Waals surface area (Å²) < 4.78 is 0. The summed E-state index contributed by atoms with van der Waals surface area (Å²) in [4.78, 5) is 9.14. The molecule has 9 heavy (non-hydrogen) atoms. The van der Waals surface area contributed by atoms with Gasteiger partial charge in [0.25, 0.3) is 0 Å². The SMILES string of the molecule is C.C1CCOOC1.Cl.Cl. The Morgan fingerprint density at radius 2 is 1.11 bits per heavy atom. The predicted octanol–water partition coefficient (Wildman–Crippen LogP) is 2.21. The van der Waals surface area contributed by atoms with Crippen LogP contribution in [-0.4, -0.2) is 13.2 Å². The van der Waals surface area contributed by atoms with Crippen molar-refractivity contribution in [2.45, 2.75) is 20.3 Å². The summed E-state index contributed by atoms with van der Waals surface area (Å²) in [7, 11) is 0. The van der Waals surface area contributed by atoms with Crippen LogP contribution in [-0.2, 0) is 9.78 Å². The van der Waals surface area contributed by atoms with E-state index in [1.54, 1.807) is 0 Å². The topological polar surface area (TPSA) is 18.5 Å². The number of hydrogen-bond donors (Lipinski definition) is 0. The standard InChI is InChI=1S/C4H8O2.CH4.2ClH/c1-2-4-6-5-3-1;;;/h1-4H2;1H4;2*1H. The highest BCUT2D eigenvalue weighted by Gasteiger charge is 1.95. The molecule has 1 fully saturated rings. The van der Waals surface area contributed by atoms with Crippen molar-refractivity contribution in [2.24, 2.45) is 0 Å². The fraction of sp³-hybridized carbons (Fsp3) is 1.00. The summed E-state index contributed by atoms with van der Waals surface area (Å²) >= 11 is 0. The minimum absolute atomic E-state index is 0. The van der Waals surface area contributed by atoms with E-state index in [0.29, 0.717) is 0 Å². The van der Waals surface area contributed by atoms with E-state index in [2.05, 4.69) is 9.78 Å². The molecule has 1 aliphatic rings. The summed E-state index contributed by atoms with van der Waals surface area (Å²) in [5.74, 6) is 0. The second kappa shape index (κ2) is 11.3. The van der Waals surface area contributed by atoms with Crippen molar-refractivity contribution in [2.75, 3.05) is 13.2 Å². The van der Waals surface area contributed by atoms with Gasteiger partial charge in [-0.25, -0.2) is 9.78 Å². The van der Waals surface area contributed by atoms with Crippen molar-refractivity contribution in [3.05, 3.63) is 0 Å². The van der Waals surface area contributed by atoms with Gasteiger partial charge in [-0.1, -0.05) is 7.43 Å². The summed E-state index contributed by atoms with van der Waals surface area (Å²) in [6, 6.07) is 0. The summed E-state index contributed by atoms with van der Waals surface area (Å²) in [6.07, 6.45) is 2.31. The minimum atomic E-state index is 0. The molecule has 0 amide bonds. The normalized spacial score (nSPS) is 16.0. The molecule has 0 unspecified atom stereocenters. The molecule has 0 aliphatic carbocycles. The highest BCUT2D eigenvalue weighted by Crippen LogP contribution is 1.97. The van der Waals surface area contributed by atoms with Crippen molar-refractivity contribution in [3.63, 3.8) is 0 Å². The van der Waals surface area contributed by atoms with Gasteiger partial charge in [0.05, 0.1) is 13.2 Å². The molecule has 1 saturated heterocycles.